The third kappa shape index (κ3) is 3.67. The van der Waals surface area contributed by atoms with Crippen LogP contribution in [0.2, 0.25) is 10.0 Å². The average molecular weight is 433 g/mol. The van der Waals surface area contributed by atoms with Crippen molar-refractivity contribution < 1.29 is 24.1 Å². The quantitative estimate of drug-likeness (QED) is 0.374. The van der Waals surface area contributed by atoms with Crippen LogP contribution in [-0.4, -0.2) is 28.3 Å². The molecule has 2 aromatic carbocycles. The fourth-order valence-corrected chi connectivity index (χ4v) is 3.45. The van der Waals surface area contributed by atoms with Crippen molar-refractivity contribution in [3.63, 3.8) is 0 Å². The fourth-order valence-electron chi connectivity index (χ4n) is 3.12. The van der Waals surface area contributed by atoms with Gasteiger partial charge in [-0.05, 0) is 30.3 Å². The number of halogens is 2. The van der Waals surface area contributed by atoms with E-state index in [1.807, 2.05) is 12.1 Å². The van der Waals surface area contributed by atoms with Crippen LogP contribution in [0.1, 0.15) is 5.56 Å². The number of fused-ring (bicyclic) bond motifs is 3. The van der Waals surface area contributed by atoms with E-state index in [1.165, 1.54) is 13.3 Å². The molecule has 148 valence electrons. The Bertz CT molecular complexity index is 1240. The van der Waals surface area contributed by atoms with Crippen LogP contribution in [-0.2, 0) is 11.3 Å². The molecule has 7 nitrogen and oxygen atoms in total. The number of nitrogens with one attached hydrogen (secondary N) is 1. The fraction of sp³-hybridized carbons (Fsp3) is 0.100. The van der Waals surface area contributed by atoms with Gasteiger partial charge in [-0.15, -0.1) is 0 Å². The summed E-state index contributed by atoms with van der Waals surface area (Å²) in [5.74, 6) is 0.924. The molecule has 4 aromatic rings. The Morgan fingerprint density at radius 2 is 2.03 bits per heavy atom. The van der Waals surface area contributed by atoms with Crippen LogP contribution in [0.15, 0.2) is 42.6 Å². The van der Waals surface area contributed by atoms with Crippen LogP contribution in [0.5, 0.6) is 17.4 Å². The van der Waals surface area contributed by atoms with Crippen LogP contribution in [0.25, 0.3) is 21.8 Å². The van der Waals surface area contributed by atoms with Gasteiger partial charge in [0.2, 0.25) is 5.88 Å². The van der Waals surface area contributed by atoms with Crippen LogP contribution in [0.3, 0.4) is 0 Å². The number of hydrogen-bond acceptors (Lipinski definition) is 5. The van der Waals surface area contributed by atoms with Gasteiger partial charge in [-0.1, -0.05) is 29.3 Å². The van der Waals surface area contributed by atoms with Gasteiger partial charge < -0.3 is 24.3 Å². The number of carbonyl (C=O) groups is 1. The summed E-state index contributed by atoms with van der Waals surface area (Å²) < 4.78 is 16.0. The number of H-pyrrole nitrogens is 1. The summed E-state index contributed by atoms with van der Waals surface area (Å²) in [6.45, 7) is 0.116. The molecule has 2 N–H and O–H groups in total. The third-order valence-electron chi connectivity index (χ3n) is 4.29. The lowest BCUT2D eigenvalue weighted by atomic mass is 10.1. The second-order valence-electron chi connectivity index (χ2n) is 6.12. The zero-order valence-electron chi connectivity index (χ0n) is 15.0. The molecule has 2 aromatic heterocycles. The number of aromatic amines is 1. The molecular weight excluding hydrogens is 419 g/mol. The Morgan fingerprint density at radius 1 is 1.21 bits per heavy atom. The second-order valence-corrected chi connectivity index (χ2v) is 6.90. The average Bonchev–Trinajstić information content (AvgIpc) is 3.05. The van der Waals surface area contributed by atoms with Crippen molar-refractivity contribution in [1.29, 1.82) is 0 Å². The number of carboxylic acid groups (broad SMARTS) is 1. The molecule has 9 heteroatoms. The first-order valence-electron chi connectivity index (χ1n) is 8.43. The zero-order valence-corrected chi connectivity index (χ0v) is 16.5. The van der Waals surface area contributed by atoms with Crippen molar-refractivity contribution in [3.8, 4) is 17.4 Å². The number of nitrogens with zero attached hydrogens (tertiary/aromatic N) is 1. The summed E-state index contributed by atoms with van der Waals surface area (Å²) in [6.07, 6.45) is 0.0647. The first-order chi connectivity index (χ1) is 14.0. The highest BCUT2D eigenvalue weighted by atomic mass is 35.5. The van der Waals surface area contributed by atoms with Crippen molar-refractivity contribution in [2.45, 2.75) is 6.61 Å². The molecule has 0 spiro atoms. The van der Waals surface area contributed by atoms with E-state index in [9.17, 15) is 4.79 Å². The van der Waals surface area contributed by atoms with Gasteiger partial charge in [-0.25, -0.2) is 9.78 Å². The smallest absolute Gasteiger partial charge is 0.456 e. The van der Waals surface area contributed by atoms with Crippen LogP contribution < -0.4 is 9.47 Å². The van der Waals surface area contributed by atoms with Crippen molar-refractivity contribution >= 4 is 51.2 Å². The van der Waals surface area contributed by atoms with E-state index in [2.05, 4.69) is 9.97 Å². The highest BCUT2D eigenvalue weighted by Gasteiger charge is 2.18. The SMILES string of the molecule is COCc1c(OC(=O)O)ncc2[nH]c3ccc(Oc4cccc(Cl)c4Cl)cc3c12. The number of ether oxygens (including phenoxy) is 3. The molecule has 0 amide bonds. The molecule has 0 saturated heterocycles. The van der Waals surface area contributed by atoms with Crippen molar-refractivity contribution in [2.75, 3.05) is 7.11 Å². The first kappa shape index (κ1) is 19.3. The minimum Gasteiger partial charge on any atom is -0.456 e. The Kier molecular flexibility index (Phi) is 5.19. The van der Waals surface area contributed by atoms with E-state index in [4.69, 9.17) is 42.5 Å². The number of methoxy groups -OCH3 is 1. The maximum Gasteiger partial charge on any atom is 0.512 e. The van der Waals surface area contributed by atoms with Gasteiger partial charge in [0.25, 0.3) is 0 Å². The molecule has 0 aliphatic carbocycles. The Labute approximate surface area is 174 Å². The van der Waals surface area contributed by atoms with Crippen LogP contribution >= 0.6 is 23.2 Å². The van der Waals surface area contributed by atoms with Gasteiger partial charge in [-0.2, -0.15) is 0 Å². The molecule has 2 heterocycles. The van der Waals surface area contributed by atoms with Crippen molar-refractivity contribution in [1.82, 2.24) is 9.97 Å². The molecule has 0 saturated carbocycles. The molecule has 29 heavy (non-hydrogen) atoms. The minimum atomic E-state index is -1.45. The summed E-state index contributed by atoms with van der Waals surface area (Å²) in [5, 5.41) is 11.2. The van der Waals surface area contributed by atoms with Gasteiger partial charge in [0.1, 0.15) is 16.5 Å². The van der Waals surface area contributed by atoms with Crippen molar-refractivity contribution in [2.24, 2.45) is 0 Å². The second kappa shape index (κ2) is 7.79. The largest absolute Gasteiger partial charge is 0.512 e. The number of benzene rings is 2. The molecular formula is C20H14Cl2N2O5. The molecule has 0 atom stereocenters. The highest BCUT2D eigenvalue weighted by molar-refractivity contribution is 6.42. The molecule has 0 aliphatic heterocycles. The number of aromatic nitrogens is 2. The lowest BCUT2D eigenvalue weighted by molar-refractivity contribution is 0.139. The monoisotopic (exact) mass is 432 g/mol. The van der Waals surface area contributed by atoms with Gasteiger partial charge in [0.15, 0.2) is 0 Å². The zero-order chi connectivity index (χ0) is 20.5. The van der Waals surface area contributed by atoms with Gasteiger partial charge >= 0.3 is 6.16 Å². The summed E-state index contributed by atoms with van der Waals surface area (Å²) in [7, 11) is 1.51. The van der Waals surface area contributed by atoms with Gasteiger partial charge in [0.05, 0.1) is 28.9 Å². The summed E-state index contributed by atoms with van der Waals surface area (Å²) >= 11 is 12.3. The highest BCUT2D eigenvalue weighted by Crippen LogP contribution is 2.38. The minimum absolute atomic E-state index is 0.0306. The molecule has 0 aliphatic rings. The third-order valence-corrected chi connectivity index (χ3v) is 5.09. The van der Waals surface area contributed by atoms with E-state index in [0.717, 1.165) is 16.3 Å². The maximum atomic E-state index is 11.0. The number of hydrogen-bond donors (Lipinski definition) is 2. The summed E-state index contributed by atoms with van der Waals surface area (Å²) in [5.41, 5.74) is 2.04. The maximum absolute atomic E-state index is 11.0. The predicted molar refractivity (Wildman–Crippen MR) is 110 cm³/mol. The Morgan fingerprint density at radius 3 is 2.79 bits per heavy atom. The number of rotatable bonds is 5. The Hall–Kier alpha value is -3.00. The van der Waals surface area contributed by atoms with Crippen molar-refractivity contribution in [3.05, 3.63) is 58.2 Å². The van der Waals surface area contributed by atoms with E-state index >= 15 is 0 Å². The molecule has 0 unspecified atom stereocenters. The Balaban J connectivity index is 1.87. The lowest BCUT2D eigenvalue weighted by Crippen LogP contribution is -2.07. The van der Waals surface area contributed by atoms with E-state index in [-0.39, 0.29) is 12.5 Å². The van der Waals surface area contributed by atoms with E-state index in [1.54, 1.807) is 24.3 Å². The molecule has 0 radical (unpaired) electrons. The van der Waals surface area contributed by atoms with E-state index in [0.29, 0.717) is 32.6 Å². The van der Waals surface area contributed by atoms with Gasteiger partial charge in [-0.3, -0.25) is 0 Å². The standard InChI is InChI=1S/C20H14Cl2N2O5/c1-27-9-12-17-11-7-10(28-16-4-2-3-13(21)18(16)22)5-6-14(11)24-15(17)8-23-19(12)29-20(25)26/h2-8,24H,9H2,1H3,(H,25,26). The normalized spacial score (nSPS) is 11.1. The van der Waals surface area contributed by atoms with Crippen LogP contribution in [0, 0.1) is 0 Å². The van der Waals surface area contributed by atoms with E-state index < -0.39 is 6.16 Å². The molecule has 0 bridgehead atoms. The van der Waals surface area contributed by atoms with Crippen LogP contribution in [0.4, 0.5) is 4.79 Å². The summed E-state index contributed by atoms with van der Waals surface area (Å²) in [6, 6.07) is 10.6. The number of pyridine rings is 1. The molecule has 0 fully saturated rings. The summed E-state index contributed by atoms with van der Waals surface area (Å²) in [4.78, 5) is 18.4. The molecule has 4 rings (SSSR count). The first-order valence-corrected chi connectivity index (χ1v) is 9.18. The van der Waals surface area contributed by atoms with Gasteiger partial charge in [0, 0.05) is 23.4 Å². The predicted octanol–water partition coefficient (Wildman–Crippen LogP) is 6.02. The topological polar surface area (TPSA) is 93.7 Å². The lowest BCUT2D eigenvalue weighted by Gasteiger charge is -2.10.